The van der Waals surface area contributed by atoms with E-state index in [9.17, 15) is 5.11 Å². The zero-order valence-corrected chi connectivity index (χ0v) is 13.2. The summed E-state index contributed by atoms with van der Waals surface area (Å²) in [7, 11) is 0. The molecule has 0 aliphatic rings. The van der Waals surface area contributed by atoms with Gasteiger partial charge in [-0.15, -0.1) is 0 Å². The molecular weight excluding hydrogens is 354 g/mol. The first-order valence-corrected chi connectivity index (χ1v) is 7.46. The second-order valence-electron chi connectivity index (χ2n) is 4.46. The number of fused-ring (bicyclic) bond motifs is 1. The zero-order valence-electron chi connectivity index (χ0n) is 10.9. The van der Waals surface area contributed by atoms with Crippen LogP contribution in [-0.4, -0.2) is 10.1 Å². The van der Waals surface area contributed by atoms with Crippen molar-refractivity contribution in [3.63, 3.8) is 0 Å². The zero-order chi connectivity index (χ0) is 14.8. The van der Waals surface area contributed by atoms with Crippen molar-refractivity contribution in [2.75, 3.05) is 0 Å². The van der Waals surface area contributed by atoms with Gasteiger partial charge in [0.2, 0.25) is 0 Å². The van der Waals surface area contributed by atoms with Crippen LogP contribution in [0.15, 0.2) is 53.1 Å². The predicted molar refractivity (Wildman–Crippen MR) is 86.9 cm³/mol. The highest BCUT2D eigenvalue weighted by atomic mass is 79.9. The summed E-state index contributed by atoms with van der Waals surface area (Å²) in [4.78, 5) is 4.33. The molecule has 21 heavy (non-hydrogen) atoms. The molecule has 2 aromatic carbocycles. The molecule has 0 amide bonds. The van der Waals surface area contributed by atoms with Crippen molar-refractivity contribution in [1.29, 1.82) is 0 Å². The Morgan fingerprint density at radius 3 is 2.81 bits per heavy atom. The maximum atomic E-state index is 9.41. The number of nitrogens with zero attached hydrogens (tertiary/aromatic N) is 1. The molecule has 1 aromatic heterocycles. The van der Waals surface area contributed by atoms with Gasteiger partial charge in [0.1, 0.15) is 11.3 Å². The van der Waals surface area contributed by atoms with Crippen LogP contribution < -0.4 is 4.74 Å². The van der Waals surface area contributed by atoms with Gasteiger partial charge in [-0.3, -0.25) is 4.98 Å². The van der Waals surface area contributed by atoms with E-state index in [1.807, 2.05) is 30.3 Å². The number of aliphatic hydroxyl groups excluding tert-OH is 1. The molecule has 5 heteroatoms. The number of ether oxygens (including phenoxy) is 1. The number of hydrogen-bond donors (Lipinski definition) is 1. The summed E-state index contributed by atoms with van der Waals surface area (Å²) in [6.07, 6.45) is 1.69. The van der Waals surface area contributed by atoms with Crippen LogP contribution in [0.1, 0.15) is 5.56 Å². The average molecular weight is 365 g/mol. The highest BCUT2D eigenvalue weighted by Crippen LogP contribution is 2.34. The summed E-state index contributed by atoms with van der Waals surface area (Å²) in [5, 5.41) is 10.9. The van der Waals surface area contributed by atoms with Crippen molar-refractivity contribution >= 4 is 38.4 Å². The molecule has 1 N–H and O–H groups in total. The van der Waals surface area contributed by atoms with Gasteiger partial charge in [0.25, 0.3) is 0 Å². The normalized spacial score (nSPS) is 10.8. The first kappa shape index (κ1) is 14.3. The van der Waals surface area contributed by atoms with Crippen LogP contribution in [0.5, 0.6) is 11.5 Å². The highest BCUT2D eigenvalue weighted by molar-refractivity contribution is 9.10. The molecule has 0 spiro atoms. The van der Waals surface area contributed by atoms with E-state index in [2.05, 4.69) is 20.9 Å². The van der Waals surface area contributed by atoms with Gasteiger partial charge in [-0.1, -0.05) is 33.6 Å². The smallest absolute Gasteiger partial charge is 0.153 e. The Kier molecular flexibility index (Phi) is 4.10. The van der Waals surface area contributed by atoms with Crippen molar-refractivity contribution in [3.05, 3.63) is 63.7 Å². The van der Waals surface area contributed by atoms with Gasteiger partial charge in [-0.25, -0.2) is 0 Å². The van der Waals surface area contributed by atoms with E-state index in [0.717, 1.165) is 9.86 Å². The van der Waals surface area contributed by atoms with Crippen LogP contribution in [0.2, 0.25) is 5.02 Å². The summed E-state index contributed by atoms with van der Waals surface area (Å²) in [6, 6.07) is 12.8. The molecular formula is C16H11BrClNO2. The molecule has 0 unspecified atom stereocenters. The third kappa shape index (κ3) is 2.88. The van der Waals surface area contributed by atoms with Gasteiger partial charge in [0.15, 0.2) is 5.75 Å². The fourth-order valence-electron chi connectivity index (χ4n) is 2.07. The fraction of sp³-hybridized carbons (Fsp3) is 0.0625. The number of hydrogen-bond acceptors (Lipinski definition) is 3. The Labute approximate surface area is 135 Å². The summed E-state index contributed by atoms with van der Waals surface area (Å²) < 4.78 is 6.81. The number of aromatic nitrogens is 1. The van der Waals surface area contributed by atoms with Crippen LogP contribution in [0.4, 0.5) is 0 Å². The largest absolute Gasteiger partial charge is 0.455 e. The minimum absolute atomic E-state index is 0.0957. The Balaban J connectivity index is 2.11. The van der Waals surface area contributed by atoms with E-state index in [1.165, 1.54) is 0 Å². The van der Waals surface area contributed by atoms with Crippen LogP contribution in [-0.2, 0) is 6.61 Å². The average Bonchev–Trinajstić information content (AvgIpc) is 2.51. The van der Waals surface area contributed by atoms with Crippen molar-refractivity contribution < 1.29 is 9.84 Å². The van der Waals surface area contributed by atoms with Crippen molar-refractivity contribution in [1.82, 2.24) is 4.98 Å². The van der Waals surface area contributed by atoms with Crippen molar-refractivity contribution in [2.24, 2.45) is 0 Å². The van der Waals surface area contributed by atoms with Crippen LogP contribution in [0.3, 0.4) is 0 Å². The first-order valence-electron chi connectivity index (χ1n) is 6.29. The van der Waals surface area contributed by atoms with E-state index < -0.39 is 0 Å². The van der Waals surface area contributed by atoms with E-state index in [-0.39, 0.29) is 6.61 Å². The number of aliphatic hydroxyl groups is 1. The second kappa shape index (κ2) is 6.02. The lowest BCUT2D eigenvalue weighted by molar-refractivity contribution is 0.276. The number of halogens is 2. The summed E-state index contributed by atoms with van der Waals surface area (Å²) in [5.41, 5.74) is 1.39. The standard InChI is InChI=1S/C16H11BrClNO2/c17-11-4-3-10(9-20)15(8-11)21-14-6-5-13(18)12-2-1-7-19-16(12)14/h1-8,20H,9H2. The lowest BCUT2D eigenvalue weighted by Gasteiger charge is -2.12. The topological polar surface area (TPSA) is 42.4 Å². The van der Waals surface area contributed by atoms with Crippen molar-refractivity contribution in [2.45, 2.75) is 6.61 Å². The maximum Gasteiger partial charge on any atom is 0.153 e. The second-order valence-corrected chi connectivity index (χ2v) is 5.78. The molecule has 3 aromatic rings. The molecule has 0 bridgehead atoms. The maximum absolute atomic E-state index is 9.41. The minimum Gasteiger partial charge on any atom is -0.455 e. The van der Waals surface area contributed by atoms with Gasteiger partial charge >= 0.3 is 0 Å². The molecule has 0 aliphatic carbocycles. The highest BCUT2D eigenvalue weighted by Gasteiger charge is 2.10. The number of benzene rings is 2. The molecule has 1 heterocycles. The van der Waals surface area contributed by atoms with Gasteiger partial charge < -0.3 is 9.84 Å². The van der Waals surface area contributed by atoms with Crippen molar-refractivity contribution in [3.8, 4) is 11.5 Å². The lowest BCUT2D eigenvalue weighted by Crippen LogP contribution is -1.93. The van der Waals surface area contributed by atoms with Gasteiger partial charge in [0, 0.05) is 21.6 Å². The SMILES string of the molecule is OCc1ccc(Br)cc1Oc1ccc(Cl)c2cccnc12. The Hall–Kier alpha value is -1.62. The molecule has 0 radical (unpaired) electrons. The van der Waals surface area contributed by atoms with Gasteiger partial charge in [0.05, 0.1) is 11.6 Å². The molecule has 0 aliphatic heterocycles. The molecule has 106 valence electrons. The Bertz CT molecular complexity index is 807. The number of rotatable bonds is 3. The Morgan fingerprint density at radius 1 is 1.14 bits per heavy atom. The van der Waals surface area contributed by atoms with Gasteiger partial charge in [-0.05, 0) is 36.4 Å². The molecule has 3 rings (SSSR count). The third-order valence-electron chi connectivity index (χ3n) is 3.10. The molecule has 0 fully saturated rings. The van der Waals surface area contributed by atoms with Gasteiger partial charge in [-0.2, -0.15) is 0 Å². The van der Waals surface area contributed by atoms with Crippen LogP contribution in [0, 0.1) is 0 Å². The molecule has 0 atom stereocenters. The van der Waals surface area contributed by atoms with E-state index >= 15 is 0 Å². The lowest BCUT2D eigenvalue weighted by atomic mass is 10.2. The van der Waals surface area contributed by atoms with Crippen LogP contribution in [0.25, 0.3) is 10.9 Å². The molecule has 0 saturated carbocycles. The van der Waals surface area contributed by atoms with E-state index in [1.54, 1.807) is 18.3 Å². The number of pyridine rings is 1. The fourth-order valence-corrected chi connectivity index (χ4v) is 2.62. The molecule has 0 saturated heterocycles. The monoisotopic (exact) mass is 363 g/mol. The third-order valence-corrected chi connectivity index (χ3v) is 3.92. The minimum atomic E-state index is -0.0957. The first-order chi connectivity index (χ1) is 10.2. The van der Waals surface area contributed by atoms with E-state index in [4.69, 9.17) is 16.3 Å². The Morgan fingerprint density at radius 2 is 2.00 bits per heavy atom. The quantitative estimate of drug-likeness (QED) is 0.716. The summed E-state index contributed by atoms with van der Waals surface area (Å²) in [5.74, 6) is 1.18. The van der Waals surface area contributed by atoms with E-state index in [0.29, 0.717) is 27.6 Å². The molecule has 3 nitrogen and oxygen atoms in total. The summed E-state index contributed by atoms with van der Waals surface area (Å²) >= 11 is 9.57. The predicted octanol–water partition coefficient (Wildman–Crippen LogP) is 4.94. The summed E-state index contributed by atoms with van der Waals surface area (Å²) in [6.45, 7) is -0.0957. The van der Waals surface area contributed by atoms with Crippen LogP contribution >= 0.6 is 27.5 Å².